The van der Waals surface area contributed by atoms with Crippen LogP contribution in [0.25, 0.3) is 27.5 Å². The Morgan fingerprint density at radius 3 is 2.58 bits per heavy atom. The third kappa shape index (κ3) is 2.85. The summed E-state index contributed by atoms with van der Waals surface area (Å²) in [5.74, 6) is -3.96. The average Bonchev–Trinajstić information content (AvgIpc) is 3.26. The number of halogens is 3. The molecule has 2 aromatic heterocycles. The van der Waals surface area contributed by atoms with Crippen LogP contribution >= 0.6 is 0 Å². The summed E-state index contributed by atoms with van der Waals surface area (Å²) in [7, 11) is 0. The van der Waals surface area contributed by atoms with Crippen LogP contribution in [0.15, 0.2) is 30.5 Å². The summed E-state index contributed by atoms with van der Waals surface area (Å²) >= 11 is 0. The zero-order valence-corrected chi connectivity index (χ0v) is 16.9. The van der Waals surface area contributed by atoms with Crippen LogP contribution in [-0.4, -0.2) is 25.8 Å². The largest absolute Gasteiger partial charge is 0.481 e. The van der Waals surface area contributed by atoms with Gasteiger partial charge in [-0.25, -0.2) is 13.2 Å². The molecule has 0 spiro atoms. The number of aromatic nitrogens is 3. The van der Waals surface area contributed by atoms with Crippen LogP contribution in [0.4, 0.5) is 13.2 Å². The molecule has 1 aliphatic carbocycles. The smallest absolute Gasteiger partial charge is 0.306 e. The molecule has 1 aliphatic rings. The molecule has 8 heteroatoms. The van der Waals surface area contributed by atoms with Gasteiger partial charge in [0.1, 0.15) is 5.52 Å². The maximum Gasteiger partial charge on any atom is 0.306 e. The number of aliphatic carboxylic acids is 1. The van der Waals surface area contributed by atoms with E-state index in [0.29, 0.717) is 34.8 Å². The number of hydrogen-bond donors (Lipinski definition) is 2. The summed E-state index contributed by atoms with van der Waals surface area (Å²) < 4.78 is 45.2. The molecule has 0 amide bonds. The van der Waals surface area contributed by atoms with Gasteiger partial charge in [0, 0.05) is 28.2 Å². The van der Waals surface area contributed by atoms with Gasteiger partial charge in [-0.05, 0) is 48.4 Å². The Balaban J connectivity index is 1.87. The van der Waals surface area contributed by atoms with E-state index in [9.17, 15) is 18.7 Å². The molecule has 1 saturated carbocycles. The molecular formula is C23H20F3N3O2. The normalized spacial score (nSPS) is 18.8. The van der Waals surface area contributed by atoms with Crippen molar-refractivity contribution in [3.05, 3.63) is 59.2 Å². The zero-order chi connectivity index (χ0) is 22.0. The molecule has 2 heterocycles. The lowest BCUT2D eigenvalue weighted by Crippen LogP contribution is -2.29. The standard InChI is InChI=1S/C23H20F3N3O2/c1-10(2)22-18(11-5-12(6-11)23(30)31)19-17(7-13-9-27-28-21(13)20(19)26)29(22)14-3-4-15(24)16(25)8-14/h3-4,7-12H,5-6H2,1-2H3,(H,27,28)(H,30,31). The molecule has 0 aliphatic heterocycles. The van der Waals surface area contributed by atoms with Gasteiger partial charge in [0.05, 0.1) is 17.6 Å². The van der Waals surface area contributed by atoms with Crippen LogP contribution in [0, 0.1) is 23.4 Å². The van der Waals surface area contributed by atoms with E-state index in [2.05, 4.69) is 10.2 Å². The highest BCUT2D eigenvalue weighted by Crippen LogP contribution is 2.50. The molecule has 31 heavy (non-hydrogen) atoms. The highest BCUT2D eigenvalue weighted by molar-refractivity contribution is 6.00. The number of benzene rings is 2. The van der Waals surface area contributed by atoms with Crippen molar-refractivity contribution < 1.29 is 23.1 Å². The third-order valence-corrected chi connectivity index (χ3v) is 6.29. The Kier molecular flexibility index (Phi) is 4.35. The third-order valence-electron chi connectivity index (χ3n) is 6.29. The Morgan fingerprint density at radius 1 is 1.19 bits per heavy atom. The molecule has 2 N–H and O–H groups in total. The minimum atomic E-state index is -0.991. The average molecular weight is 427 g/mol. The van der Waals surface area contributed by atoms with Crippen LogP contribution in [0.5, 0.6) is 0 Å². The first-order valence-electron chi connectivity index (χ1n) is 10.2. The number of rotatable bonds is 4. The van der Waals surface area contributed by atoms with Crippen LogP contribution in [0.3, 0.4) is 0 Å². The van der Waals surface area contributed by atoms with Gasteiger partial charge in [-0.15, -0.1) is 0 Å². The second-order valence-electron chi connectivity index (χ2n) is 8.51. The predicted octanol–water partition coefficient (Wildman–Crippen LogP) is 5.63. The lowest BCUT2D eigenvalue weighted by Gasteiger charge is -2.34. The minimum Gasteiger partial charge on any atom is -0.481 e. The molecular weight excluding hydrogens is 407 g/mol. The summed E-state index contributed by atoms with van der Waals surface area (Å²) in [6.07, 6.45) is 2.33. The van der Waals surface area contributed by atoms with E-state index in [1.54, 1.807) is 10.6 Å². The van der Waals surface area contributed by atoms with Crippen molar-refractivity contribution in [3.8, 4) is 5.69 Å². The number of H-pyrrole nitrogens is 1. The number of aromatic amines is 1. The summed E-state index contributed by atoms with van der Waals surface area (Å²) in [5, 5.41) is 16.9. The Hall–Kier alpha value is -3.29. The predicted molar refractivity (Wildman–Crippen MR) is 110 cm³/mol. The van der Waals surface area contributed by atoms with Crippen molar-refractivity contribution >= 4 is 27.8 Å². The Labute approximate surface area is 175 Å². The molecule has 2 aromatic carbocycles. The zero-order valence-electron chi connectivity index (χ0n) is 16.9. The summed E-state index contributed by atoms with van der Waals surface area (Å²) in [5.41, 5.74) is 2.68. The maximum atomic E-state index is 15.7. The van der Waals surface area contributed by atoms with Crippen molar-refractivity contribution in [1.29, 1.82) is 0 Å². The molecule has 5 nitrogen and oxygen atoms in total. The molecule has 0 saturated heterocycles. The molecule has 0 atom stereocenters. The lowest BCUT2D eigenvalue weighted by molar-refractivity contribution is -0.145. The van der Waals surface area contributed by atoms with Gasteiger partial charge in [-0.1, -0.05) is 13.8 Å². The first-order valence-corrected chi connectivity index (χ1v) is 10.2. The van der Waals surface area contributed by atoms with Crippen molar-refractivity contribution in [2.24, 2.45) is 5.92 Å². The number of carboxylic acid groups (broad SMARTS) is 1. The maximum absolute atomic E-state index is 15.7. The second-order valence-corrected chi connectivity index (χ2v) is 8.51. The Morgan fingerprint density at radius 2 is 1.94 bits per heavy atom. The van der Waals surface area contributed by atoms with Crippen molar-refractivity contribution in [3.63, 3.8) is 0 Å². The topological polar surface area (TPSA) is 70.9 Å². The quantitative estimate of drug-likeness (QED) is 0.444. The van der Waals surface area contributed by atoms with Gasteiger partial charge in [0.2, 0.25) is 0 Å². The van der Waals surface area contributed by atoms with Crippen LogP contribution < -0.4 is 0 Å². The summed E-state index contributed by atoms with van der Waals surface area (Å²) in [6.45, 7) is 3.90. The van der Waals surface area contributed by atoms with Crippen molar-refractivity contribution in [1.82, 2.24) is 14.8 Å². The van der Waals surface area contributed by atoms with E-state index < -0.39 is 29.3 Å². The van der Waals surface area contributed by atoms with Crippen LogP contribution in [0.2, 0.25) is 0 Å². The van der Waals surface area contributed by atoms with E-state index in [4.69, 9.17) is 0 Å². The van der Waals surface area contributed by atoms with Crippen molar-refractivity contribution in [2.75, 3.05) is 0 Å². The van der Waals surface area contributed by atoms with E-state index >= 15 is 4.39 Å². The highest BCUT2D eigenvalue weighted by atomic mass is 19.2. The van der Waals surface area contributed by atoms with E-state index in [1.807, 2.05) is 13.8 Å². The second kappa shape index (κ2) is 6.87. The van der Waals surface area contributed by atoms with E-state index in [0.717, 1.165) is 23.4 Å². The molecule has 4 aromatic rings. The number of hydrogen-bond acceptors (Lipinski definition) is 2. The van der Waals surface area contributed by atoms with E-state index in [-0.39, 0.29) is 17.4 Å². The molecule has 0 radical (unpaired) electrons. The number of carboxylic acids is 1. The fourth-order valence-electron chi connectivity index (χ4n) is 4.79. The minimum absolute atomic E-state index is 0.0738. The number of nitrogens with one attached hydrogen (secondary N) is 1. The SMILES string of the molecule is CC(C)c1c(C2CC(C(=O)O)C2)c2c(F)c3[nH]ncc3cc2n1-c1ccc(F)c(F)c1. The number of carbonyl (C=O) groups is 1. The monoisotopic (exact) mass is 427 g/mol. The summed E-state index contributed by atoms with van der Waals surface area (Å²) in [6, 6.07) is 5.40. The van der Waals surface area contributed by atoms with Gasteiger partial charge < -0.3 is 9.67 Å². The molecule has 0 unspecified atom stereocenters. The molecule has 1 fully saturated rings. The van der Waals surface area contributed by atoms with Gasteiger partial charge in [0.25, 0.3) is 0 Å². The van der Waals surface area contributed by atoms with Gasteiger partial charge in [-0.3, -0.25) is 9.89 Å². The van der Waals surface area contributed by atoms with Gasteiger partial charge >= 0.3 is 5.97 Å². The first-order chi connectivity index (χ1) is 14.8. The van der Waals surface area contributed by atoms with E-state index in [1.165, 1.54) is 12.3 Å². The van der Waals surface area contributed by atoms with Crippen molar-refractivity contribution in [2.45, 2.75) is 38.5 Å². The summed E-state index contributed by atoms with van der Waals surface area (Å²) in [4.78, 5) is 11.4. The Bertz CT molecular complexity index is 1350. The first kappa shape index (κ1) is 19.7. The molecule has 5 rings (SSSR count). The van der Waals surface area contributed by atoms with Gasteiger partial charge in [-0.2, -0.15) is 5.10 Å². The van der Waals surface area contributed by atoms with Crippen LogP contribution in [-0.2, 0) is 4.79 Å². The fraction of sp³-hybridized carbons (Fsp3) is 0.304. The number of fused-ring (bicyclic) bond motifs is 2. The van der Waals surface area contributed by atoms with Gasteiger partial charge in [0.15, 0.2) is 17.5 Å². The lowest BCUT2D eigenvalue weighted by atomic mass is 9.70. The number of nitrogens with zero attached hydrogens (tertiary/aromatic N) is 2. The molecule has 0 bridgehead atoms. The molecule has 160 valence electrons. The highest BCUT2D eigenvalue weighted by Gasteiger charge is 2.40. The fourth-order valence-corrected chi connectivity index (χ4v) is 4.79. The van der Waals surface area contributed by atoms with Crippen LogP contribution in [0.1, 0.15) is 49.8 Å².